The number of nitrogens with zero attached hydrogens (tertiary/aromatic N) is 1. The quantitative estimate of drug-likeness (QED) is 0.0506. The number of carbonyl (C=O) groups is 3. The molecule has 5 aromatic carbocycles. The fraction of sp³-hybridized carbons (Fsp3) is 0.0857. The van der Waals surface area contributed by atoms with Gasteiger partial charge in [-0.2, -0.15) is 0 Å². The lowest BCUT2D eigenvalue weighted by Crippen LogP contribution is -2.16. The van der Waals surface area contributed by atoms with E-state index < -0.39 is 5.97 Å². The predicted octanol–water partition coefficient (Wildman–Crippen LogP) is 8.51. The van der Waals surface area contributed by atoms with Crippen molar-refractivity contribution in [1.29, 1.82) is 0 Å². The molecule has 0 bridgehead atoms. The molecule has 0 atom stereocenters. The number of carbonyl (C=O) groups excluding carboxylic acids is 3. The van der Waals surface area contributed by atoms with Crippen molar-refractivity contribution < 1.29 is 19.2 Å². The first-order chi connectivity index (χ1) is 20.5. The first-order valence-corrected chi connectivity index (χ1v) is 15.1. The molecule has 0 saturated carbocycles. The van der Waals surface area contributed by atoms with Crippen LogP contribution in [0.4, 0.5) is 0 Å². The van der Waals surface area contributed by atoms with Gasteiger partial charge < -0.3 is 4.84 Å². The van der Waals surface area contributed by atoms with E-state index in [0.29, 0.717) is 28.9 Å². The normalized spacial score (nSPS) is 11.3. The van der Waals surface area contributed by atoms with Gasteiger partial charge >= 0.3 is 5.97 Å². The van der Waals surface area contributed by atoms with E-state index in [9.17, 15) is 14.4 Å². The Labute approximate surface area is 253 Å². The standard InChI is InChI=1S/C35H27NO4S2/c1-24(37)40-36-33(21-22-41-32-20-11-25-7-5-6-10-29(25)23-32)35(39)28-14-18-31(19-15-28)42-30-16-12-27(13-17-30)34(38)26-8-3-2-4-9-26/h2-20,23H,21-22H2,1H3/b36-33+. The summed E-state index contributed by atoms with van der Waals surface area (Å²) >= 11 is 3.15. The van der Waals surface area contributed by atoms with E-state index in [0.717, 1.165) is 20.1 Å². The van der Waals surface area contributed by atoms with Crippen molar-refractivity contribution >= 4 is 57.5 Å². The summed E-state index contributed by atoms with van der Waals surface area (Å²) < 4.78 is 0. The largest absolute Gasteiger partial charge is 0.331 e. The molecule has 0 aromatic heterocycles. The van der Waals surface area contributed by atoms with E-state index in [1.165, 1.54) is 24.1 Å². The van der Waals surface area contributed by atoms with Crippen LogP contribution in [0.15, 0.2) is 141 Å². The molecule has 0 spiro atoms. The average Bonchev–Trinajstić information content (AvgIpc) is 3.03. The fourth-order valence-electron chi connectivity index (χ4n) is 4.25. The van der Waals surface area contributed by atoms with Crippen molar-refractivity contribution in [3.63, 3.8) is 0 Å². The van der Waals surface area contributed by atoms with Gasteiger partial charge in [-0.05, 0) is 71.4 Å². The number of rotatable bonds is 11. The molecule has 0 aliphatic heterocycles. The summed E-state index contributed by atoms with van der Waals surface area (Å²) in [6, 6.07) is 38.3. The Morgan fingerprint density at radius 3 is 1.88 bits per heavy atom. The Kier molecular flexibility index (Phi) is 9.64. The van der Waals surface area contributed by atoms with Gasteiger partial charge in [0.1, 0.15) is 5.71 Å². The molecule has 5 nitrogen and oxygen atoms in total. The molecule has 0 fully saturated rings. The van der Waals surface area contributed by atoms with Gasteiger partial charge in [-0.25, -0.2) is 4.79 Å². The molecule has 0 heterocycles. The lowest BCUT2D eigenvalue weighted by Gasteiger charge is -2.08. The first kappa shape index (κ1) is 29.0. The minimum atomic E-state index is -0.578. The molecular weight excluding hydrogens is 563 g/mol. The van der Waals surface area contributed by atoms with Crippen molar-refractivity contribution in [3.8, 4) is 0 Å². The highest BCUT2D eigenvalue weighted by Crippen LogP contribution is 2.29. The topological polar surface area (TPSA) is 72.8 Å². The third-order valence-electron chi connectivity index (χ3n) is 6.38. The van der Waals surface area contributed by atoms with E-state index >= 15 is 0 Å². The summed E-state index contributed by atoms with van der Waals surface area (Å²) in [5.41, 5.74) is 1.94. The van der Waals surface area contributed by atoms with Crippen LogP contribution in [0.1, 0.15) is 39.6 Å². The van der Waals surface area contributed by atoms with Crippen molar-refractivity contribution in [2.75, 3.05) is 5.75 Å². The molecule has 5 rings (SSSR count). The van der Waals surface area contributed by atoms with Crippen molar-refractivity contribution in [1.82, 2.24) is 0 Å². The molecule has 0 aliphatic rings. The fourth-order valence-corrected chi connectivity index (χ4v) is 5.97. The van der Waals surface area contributed by atoms with Crippen LogP contribution in [0.25, 0.3) is 10.8 Å². The molecule has 42 heavy (non-hydrogen) atoms. The Balaban J connectivity index is 1.21. The second kappa shape index (κ2) is 13.9. The number of hydrogen-bond donors (Lipinski definition) is 0. The Hall–Kier alpha value is -4.46. The van der Waals surface area contributed by atoms with E-state index in [-0.39, 0.29) is 17.3 Å². The highest BCUT2D eigenvalue weighted by molar-refractivity contribution is 7.99. The van der Waals surface area contributed by atoms with Crippen LogP contribution in [-0.4, -0.2) is 29.0 Å². The van der Waals surface area contributed by atoms with Gasteiger partial charge in [-0.15, -0.1) is 11.8 Å². The Bertz CT molecular complexity index is 1750. The number of ketones is 2. The minimum Gasteiger partial charge on any atom is -0.318 e. The first-order valence-electron chi connectivity index (χ1n) is 13.3. The van der Waals surface area contributed by atoms with Gasteiger partial charge in [0.25, 0.3) is 0 Å². The highest BCUT2D eigenvalue weighted by Gasteiger charge is 2.16. The molecule has 208 valence electrons. The van der Waals surface area contributed by atoms with E-state index in [1.54, 1.807) is 36.0 Å². The lowest BCUT2D eigenvalue weighted by atomic mass is 10.0. The van der Waals surface area contributed by atoms with Gasteiger partial charge in [0, 0.05) is 50.5 Å². The van der Waals surface area contributed by atoms with Crippen LogP contribution in [0.5, 0.6) is 0 Å². The molecule has 0 amide bonds. The molecule has 0 saturated heterocycles. The van der Waals surface area contributed by atoms with Crippen LogP contribution in [0.3, 0.4) is 0 Å². The third-order valence-corrected chi connectivity index (χ3v) is 8.39. The van der Waals surface area contributed by atoms with Gasteiger partial charge in [0.05, 0.1) is 0 Å². The number of Topliss-reactive ketones (excluding diaryl/α,β-unsaturated/α-hetero) is 1. The van der Waals surface area contributed by atoms with Crippen LogP contribution in [0, 0.1) is 0 Å². The van der Waals surface area contributed by atoms with Gasteiger partial charge in [-0.3, -0.25) is 9.59 Å². The van der Waals surface area contributed by atoms with E-state index in [4.69, 9.17) is 4.84 Å². The van der Waals surface area contributed by atoms with Crippen molar-refractivity contribution in [3.05, 3.63) is 138 Å². The molecular formula is C35H27NO4S2. The molecule has 0 N–H and O–H groups in total. The van der Waals surface area contributed by atoms with Crippen molar-refractivity contribution in [2.45, 2.75) is 28.0 Å². The number of hydrogen-bond acceptors (Lipinski definition) is 7. The van der Waals surface area contributed by atoms with Gasteiger partial charge in [0.2, 0.25) is 5.78 Å². The van der Waals surface area contributed by atoms with Crippen LogP contribution in [-0.2, 0) is 9.63 Å². The molecule has 5 aromatic rings. The van der Waals surface area contributed by atoms with E-state index in [2.05, 4.69) is 35.5 Å². The molecule has 0 unspecified atom stereocenters. The maximum absolute atomic E-state index is 13.3. The number of thioether (sulfide) groups is 1. The second-order valence-corrected chi connectivity index (χ2v) is 11.7. The van der Waals surface area contributed by atoms with Crippen LogP contribution in [0.2, 0.25) is 0 Å². The summed E-state index contributed by atoms with van der Waals surface area (Å²) in [7, 11) is 0. The third kappa shape index (κ3) is 7.63. The Morgan fingerprint density at radius 1 is 0.643 bits per heavy atom. The van der Waals surface area contributed by atoms with Gasteiger partial charge in [-0.1, -0.05) is 77.6 Å². The zero-order valence-corrected chi connectivity index (χ0v) is 24.5. The van der Waals surface area contributed by atoms with Crippen LogP contribution < -0.4 is 0 Å². The van der Waals surface area contributed by atoms with Gasteiger partial charge in [0.15, 0.2) is 5.78 Å². The zero-order chi connectivity index (χ0) is 29.3. The number of benzene rings is 5. The average molecular weight is 590 g/mol. The summed E-state index contributed by atoms with van der Waals surface area (Å²) in [5, 5.41) is 6.21. The predicted molar refractivity (Wildman–Crippen MR) is 170 cm³/mol. The summed E-state index contributed by atoms with van der Waals surface area (Å²) in [4.78, 5) is 45.2. The smallest absolute Gasteiger partial charge is 0.318 e. The number of oxime groups is 1. The summed E-state index contributed by atoms with van der Waals surface area (Å²) in [5.74, 6) is -0.278. The minimum absolute atomic E-state index is 0.0168. The van der Waals surface area contributed by atoms with Crippen molar-refractivity contribution in [2.24, 2.45) is 5.16 Å². The maximum atomic E-state index is 13.3. The van der Waals surface area contributed by atoms with E-state index in [1.807, 2.05) is 66.7 Å². The number of fused-ring (bicyclic) bond motifs is 1. The molecule has 7 heteroatoms. The van der Waals surface area contributed by atoms with Crippen LogP contribution >= 0.6 is 23.5 Å². The Morgan fingerprint density at radius 2 is 1.21 bits per heavy atom. The summed E-state index contributed by atoms with van der Waals surface area (Å²) in [6.45, 7) is 1.26. The monoisotopic (exact) mass is 589 g/mol. The molecule has 0 radical (unpaired) electrons. The summed E-state index contributed by atoms with van der Waals surface area (Å²) in [6.07, 6.45) is 0.341. The SMILES string of the molecule is CC(=O)O/N=C(\CCSc1ccc2ccccc2c1)C(=O)c1ccc(Sc2ccc(C(=O)c3ccccc3)cc2)cc1. The lowest BCUT2D eigenvalue weighted by molar-refractivity contribution is -0.140. The zero-order valence-electron chi connectivity index (χ0n) is 22.9. The maximum Gasteiger partial charge on any atom is 0.331 e. The second-order valence-electron chi connectivity index (χ2n) is 9.40. The highest BCUT2D eigenvalue weighted by atomic mass is 32.2. The molecule has 0 aliphatic carbocycles.